The highest BCUT2D eigenvalue weighted by atomic mass is 32.2. The lowest BCUT2D eigenvalue weighted by Gasteiger charge is -2.10. The summed E-state index contributed by atoms with van der Waals surface area (Å²) < 4.78 is 4.98. The number of carbonyl (C=O) groups is 2. The maximum Gasteiger partial charge on any atom is 0.412 e. The molecule has 2 N–H and O–H groups in total. The number of hydrogen-bond acceptors (Lipinski definition) is 4. The summed E-state index contributed by atoms with van der Waals surface area (Å²) in [7, 11) is 1.49. The number of anilines is 1. The molecule has 6 heteroatoms. The quantitative estimate of drug-likeness (QED) is 0.876. The number of thioether (sulfide) groups is 1. The number of carbonyl (C=O) groups excluding carboxylic acids is 2. The molecule has 98 valence electrons. The molecule has 18 heavy (non-hydrogen) atoms. The normalized spacial score (nSPS) is 9.72. The van der Waals surface area contributed by atoms with Crippen molar-refractivity contribution in [1.82, 2.24) is 5.32 Å². The summed E-state index contributed by atoms with van der Waals surface area (Å²) in [5.41, 5.74) is 1.56. The Kier molecular flexibility index (Phi) is 5.51. The predicted octanol–water partition coefficient (Wildman–Crippen LogP) is 2.01. The monoisotopic (exact) mass is 268 g/mol. The van der Waals surface area contributed by atoms with Crippen molar-refractivity contribution in [3.63, 3.8) is 0 Å². The van der Waals surface area contributed by atoms with Gasteiger partial charge in [0, 0.05) is 12.7 Å². The van der Waals surface area contributed by atoms with E-state index in [4.69, 9.17) is 4.74 Å². The molecule has 5 nitrogen and oxygen atoms in total. The minimum Gasteiger partial charge on any atom is -0.410 e. The topological polar surface area (TPSA) is 67.4 Å². The summed E-state index contributed by atoms with van der Waals surface area (Å²) >= 11 is 1.46. The molecule has 0 atom stereocenters. The molecule has 0 aliphatic carbocycles. The first-order chi connectivity index (χ1) is 8.56. The zero-order valence-electron chi connectivity index (χ0n) is 10.6. The Labute approximate surface area is 110 Å². The molecule has 0 heterocycles. The second-order valence-electron chi connectivity index (χ2n) is 3.60. The molecule has 0 unspecified atom stereocenters. The third-order valence-electron chi connectivity index (χ3n) is 2.16. The van der Waals surface area contributed by atoms with Crippen LogP contribution in [0.15, 0.2) is 18.2 Å². The summed E-state index contributed by atoms with van der Waals surface area (Å²) in [6.45, 7) is 1.84. The highest BCUT2D eigenvalue weighted by Gasteiger charge is 2.07. The van der Waals surface area contributed by atoms with Crippen LogP contribution in [0.25, 0.3) is 0 Å². The molecule has 0 saturated carbocycles. The van der Waals surface area contributed by atoms with E-state index in [1.807, 2.05) is 13.2 Å². The summed E-state index contributed by atoms with van der Waals surface area (Å²) in [4.78, 5) is 22.5. The Morgan fingerprint density at radius 1 is 1.39 bits per heavy atom. The molecule has 0 radical (unpaired) electrons. The van der Waals surface area contributed by atoms with Crippen LogP contribution in [0.2, 0.25) is 0 Å². The number of ether oxygens (including phenoxy) is 1. The van der Waals surface area contributed by atoms with Gasteiger partial charge in [0.1, 0.15) is 5.75 Å². The molecular formula is C12H16N2O3S. The van der Waals surface area contributed by atoms with Gasteiger partial charge in [0.2, 0.25) is 5.91 Å². The molecule has 0 saturated heterocycles. The summed E-state index contributed by atoms with van der Waals surface area (Å²) in [6.07, 6.45) is 1.35. The van der Waals surface area contributed by atoms with Crippen molar-refractivity contribution in [2.45, 2.75) is 6.92 Å². The first-order valence-electron chi connectivity index (χ1n) is 5.36. The molecule has 0 bridgehead atoms. The van der Waals surface area contributed by atoms with Crippen LogP contribution in [0.1, 0.15) is 5.56 Å². The van der Waals surface area contributed by atoms with Crippen LogP contribution in [0.4, 0.5) is 10.5 Å². The third-order valence-corrected chi connectivity index (χ3v) is 2.71. The lowest BCUT2D eigenvalue weighted by Crippen LogP contribution is -2.22. The van der Waals surface area contributed by atoms with E-state index in [1.165, 1.54) is 18.8 Å². The van der Waals surface area contributed by atoms with Gasteiger partial charge in [-0.25, -0.2) is 4.79 Å². The van der Waals surface area contributed by atoms with Crippen molar-refractivity contribution in [2.24, 2.45) is 0 Å². The van der Waals surface area contributed by atoms with Crippen LogP contribution in [0.3, 0.4) is 0 Å². The van der Waals surface area contributed by atoms with Gasteiger partial charge in [-0.05, 0) is 36.9 Å². The first-order valence-corrected chi connectivity index (χ1v) is 6.75. The van der Waals surface area contributed by atoms with Crippen LogP contribution in [-0.4, -0.2) is 31.1 Å². The molecule has 0 aliphatic rings. The van der Waals surface area contributed by atoms with E-state index in [9.17, 15) is 9.59 Å². The number of hydrogen-bond donors (Lipinski definition) is 2. The van der Waals surface area contributed by atoms with Gasteiger partial charge in [0.25, 0.3) is 0 Å². The van der Waals surface area contributed by atoms with Gasteiger partial charge in [-0.3, -0.25) is 4.79 Å². The maximum atomic E-state index is 11.4. The van der Waals surface area contributed by atoms with Crippen LogP contribution in [0.5, 0.6) is 5.75 Å². The van der Waals surface area contributed by atoms with Crippen molar-refractivity contribution in [3.8, 4) is 5.75 Å². The van der Waals surface area contributed by atoms with Crippen molar-refractivity contribution < 1.29 is 14.3 Å². The highest BCUT2D eigenvalue weighted by molar-refractivity contribution is 7.99. The minimum atomic E-state index is -0.520. The van der Waals surface area contributed by atoms with Gasteiger partial charge in [0.15, 0.2) is 0 Å². The van der Waals surface area contributed by atoms with E-state index in [-0.39, 0.29) is 5.91 Å². The lowest BCUT2D eigenvalue weighted by atomic mass is 10.2. The molecule has 1 aromatic rings. The van der Waals surface area contributed by atoms with Crippen molar-refractivity contribution in [3.05, 3.63) is 23.8 Å². The van der Waals surface area contributed by atoms with Gasteiger partial charge in [-0.2, -0.15) is 11.8 Å². The van der Waals surface area contributed by atoms with Crippen molar-refractivity contribution >= 4 is 29.4 Å². The third kappa shape index (κ3) is 4.29. The molecule has 0 aromatic heterocycles. The van der Waals surface area contributed by atoms with Gasteiger partial charge < -0.3 is 15.4 Å². The van der Waals surface area contributed by atoms with E-state index in [2.05, 4.69) is 10.6 Å². The fourth-order valence-electron chi connectivity index (χ4n) is 1.32. The SMILES string of the molecule is CNC(=O)Oc1ccc(NC(=O)CSC)c(C)c1. The largest absolute Gasteiger partial charge is 0.412 e. The molecule has 1 aromatic carbocycles. The van der Waals surface area contributed by atoms with E-state index < -0.39 is 6.09 Å². The van der Waals surface area contributed by atoms with Gasteiger partial charge in [-0.1, -0.05) is 0 Å². The van der Waals surface area contributed by atoms with Crippen LogP contribution < -0.4 is 15.4 Å². The zero-order chi connectivity index (χ0) is 13.5. The Morgan fingerprint density at radius 3 is 2.67 bits per heavy atom. The number of nitrogens with one attached hydrogen (secondary N) is 2. The lowest BCUT2D eigenvalue weighted by molar-refractivity contribution is -0.113. The molecule has 1 rings (SSSR count). The Balaban J connectivity index is 2.73. The minimum absolute atomic E-state index is 0.0504. The fraction of sp³-hybridized carbons (Fsp3) is 0.333. The number of amides is 2. The number of rotatable bonds is 4. The zero-order valence-corrected chi connectivity index (χ0v) is 11.4. The molecular weight excluding hydrogens is 252 g/mol. The summed E-state index contributed by atoms with van der Waals surface area (Å²) in [6, 6.07) is 5.05. The van der Waals surface area contributed by atoms with E-state index in [0.29, 0.717) is 11.5 Å². The summed E-state index contributed by atoms with van der Waals surface area (Å²) in [5, 5.41) is 5.15. The predicted molar refractivity (Wildman–Crippen MR) is 73.3 cm³/mol. The molecule has 0 aliphatic heterocycles. The van der Waals surface area contributed by atoms with E-state index in [0.717, 1.165) is 11.3 Å². The van der Waals surface area contributed by atoms with E-state index >= 15 is 0 Å². The molecule has 2 amide bonds. The fourth-order valence-corrected chi connectivity index (χ4v) is 1.65. The van der Waals surface area contributed by atoms with Crippen LogP contribution in [0, 0.1) is 6.92 Å². The molecule has 0 spiro atoms. The maximum absolute atomic E-state index is 11.4. The van der Waals surface area contributed by atoms with Gasteiger partial charge in [0.05, 0.1) is 5.75 Å². The smallest absolute Gasteiger partial charge is 0.410 e. The molecule has 0 fully saturated rings. The Bertz CT molecular complexity index is 449. The average molecular weight is 268 g/mol. The standard InChI is InChI=1S/C12H16N2O3S/c1-8-6-9(17-12(16)13-2)4-5-10(8)14-11(15)7-18-3/h4-6H,7H2,1-3H3,(H,13,16)(H,14,15). The van der Waals surface area contributed by atoms with Crippen LogP contribution in [-0.2, 0) is 4.79 Å². The Morgan fingerprint density at radius 2 is 2.11 bits per heavy atom. The summed E-state index contributed by atoms with van der Waals surface area (Å²) in [5.74, 6) is 0.802. The number of aryl methyl sites for hydroxylation is 1. The highest BCUT2D eigenvalue weighted by Crippen LogP contribution is 2.21. The second kappa shape index (κ2) is 6.90. The van der Waals surface area contributed by atoms with Gasteiger partial charge in [-0.15, -0.1) is 0 Å². The van der Waals surface area contributed by atoms with Crippen LogP contribution >= 0.6 is 11.8 Å². The van der Waals surface area contributed by atoms with E-state index in [1.54, 1.807) is 18.2 Å². The van der Waals surface area contributed by atoms with Gasteiger partial charge >= 0.3 is 6.09 Å². The first kappa shape index (κ1) is 14.4. The van der Waals surface area contributed by atoms with Crippen molar-refractivity contribution in [2.75, 3.05) is 24.4 Å². The van der Waals surface area contributed by atoms with Crippen molar-refractivity contribution in [1.29, 1.82) is 0 Å². The Hall–Kier alpha value is -1.69. The number of benzene rings is 1. The average Bonchev–Trinajstić information content (AvgIpc) is 2.33. The second-order valence-corrected chi connectivity index (χ2v) is 4.46.